The molecule has 19 heavy (non-hydrogen) atoms. The number of ether oxygens (including phenoxy) is 1. The number of benzene rings is 1. The zero-order chi connectivity index (χ0) is 14.4. The van der Waals surface area contributed by atoms with Gasteiger partial charge in [0.05, 0.1) is 18.2 Å². The molecule has 0 aliphatic rings. The first-order valence-electron chi connectivity index (χ1n) is 5.52. The molecular weight excluding hydrogens is 319 g/mol. The van der Waals surface area contributed by atoms with Crippen LogP contribution >= 0.6 is 15.9 Å². The summed E-state index contributed by atoms with van der Waals surface area (Å²) in [5.74, 6) is -1.35. The zero-order valence-corrected chi connectivity index (χ0v) is 11.9. The molecule has 5 nitrogen and oxygen atoms in total. The number of hydrogen-bond acceptors (Lipinski definition) is 5. The third kappa shape index (κ3) is 4.00. The number of nitrogens with one attached hydrogen (secondary N) is 2. The highest BCUT2D eigenvalue weighted by atomic mass is 79.9. The van der Waals surface area contributed by atoms with E-state index in [0.29, 0.717) is 18.7 Å². The molecule has 0 unspecified atom stereocenters. The van der Waals surface area contributed by atoms with E-state index in [1.54, 1.807) is 0 Å². The number of halogens is 2. The molecule has 1 aromatic carbocycles. The summed E-state index contributed by atoms with van der Waals surface area (Å²) in [6.07, 6.45) is 0.471. The summed E-state index contributed by atoms with van der Waals surface area (Å²) in [4.78, 5) is 11.4. The van der Waals surface area contributed by atoms with Crippen molar-refractivity contribution in [3.8, 4) is 0 Å². The highest BCUT2D eigenvalue weighted by Gasteiger charge is 2.17. The third-order valence-electron chi connectivity index (χ3n) is 2.38. The maximum atomic E-state index is 13.9. The Morgan fingerprint density at radius 2 is 2.26 bits per heavy atom. The van der Waals surface area contributed by atoms with E-state index >= 15 is 0 Å². The van der Waals surface area contributed by atoms with Gasteiger partial charge in [-0.05, 0) is 34.5 Å². The molecule has 0 bridgehead atoms. The summed E-state index contributed by atoms with van der Waals surface area (Å²) in [5, 5.41) is 19.1. The van der Waals surface area contributed by atoms with Crippen molar-refractivity contribution in [2.75, 3.05) is 25.6 Å². The molecule has 7 heteroatoms. The minimum atomic E-state index is -0.698. The largest absolute Gasteiger partial charge is 0.465 e. The lowest BCUT2D eigenvalue weighted by molar-refractivity contribution is 0.0600. The second kappa shape index (κ2) is 7.20. The van der Waals surface area contributed by atoms with Crippen molar-refractivity contribution < 1.29 is 19.0 Å². The third-order valence-corrected chi connectivity index (χ3v) is 2.78. The Balaban J connectivity index is 3.17. The van der Waals surface area contributed by atoms with E-state index in [-0.39, 0.29) is 22.4 Å². The quantitative estimate of drug-likeness (QED) is 0.423. The van der Waals surface area contributed by atoms with Crippen molar-refractivity contribution in [1.29, 1.82) is 5.41 Å². The van der Waals surface area contributed by atoms with Gasteiger partial charge in [-0.25, -0.2) is 9.18 Å². The molecule has 0 saturated heterocycles. The van der Waals surface area contributed by atoms with Gasteiger partial charge in [0.2, 0.25) is 0 Å². The number of esters is 1. The lowest BCUT2D eigenvalue weighted by Crippen LogP contribution is -2.11. The van der Waals surface area contributed by atoms with E-state index in [0.717, 1.165) is 6.07 Å². The number of aliphatic hydroxyl groups is 1. The molecule has 0 radical (unpaired) electrons. The monoisotopic (exact) mass is 332 g/mol. The Morgan fingerprint density at radius 3 is 2.79 bits per heavy atom. The molecule has 0 fully saturated rings. The highest BCUT2D eigenvalue weighted by Crippen LogP contribution is 2.24. The SMILES string of the molecule is COC(=O)c1cc(F)c(C(=N)Br)c(NCCCO)c1. The standard InChI is InChI=1S/C12H14BrFN2O3/c1-19-12(18)7-5-8(14)10(11(13)15)9(6-7)16-3-2-4-17/h5-6,15-17H,2-4H2,1H3. The van der Waals surface area contributed by atoms with E-state index in [4.69, 9.17) is 10.5 Å². The van der Waals surface area contributed by atoms with Crippen LogP contribution in [0.4, 0.5) is 10.1 Å². The van der Waals surface area contributed by atoms with E-state index in [9.17, 15) is 9.18 Å². The zero-order valence-electron chi connectivity index (χ0n) is 10.3. The van der Waals surface area contributed by atoms with Crippen molar-refractivity contribution >= 4 is 32.2 Å². The van der Waals surface area contributed by atoms with Crippen LogP contribution in [-0.2, 0) is 4.74 Å². The summed E-state index contributed by atoms with van der Waals surface area (Å²) >= 11 is 2.91. The Kier molecular flexibility index (Phi) is 5.91. The molecule has 104 valence electrons. The number of anilines is 1. The van der Waals surface area contributed by atoms with Crippen LogP contribution in [0.3, 0.4) is 0 Å². The van der Waals surface area contributed by atoms with Gasteiger partial charge >= 0.3 is 5.97 Å². The van der Waals surface area contributed by atoms with Crippen LogP contribution in [0.2, 0.25) is 0 Å². The van der Waals surface area contributed by atoms with E-state index in [2.05, 4.69) is 26.0 Å². The number of carbonyl (C=O) groups excluding carboxylic acids is 1. The van der Waals surface area contributed by atoms with Gasteiger partial charge in [-0.2, -0.15) is 0 Å². The number of aliphatic hydroxyl groups excluding tert-OH is 1. The molecule has 0 spiro atoms. The average Bonchev–Trinajstić information content (AvgIpc) is 2.37. The smallest absolute Gasteiger partial charge is 0.338 e. The maximum Gasteiger partial charge on any atom is 0.338 e. The van der Waals surface area contributed by atoms with Crippen molar-refractivity contribution in [3.63, 3.8) is 0 Å². The summed E-state index contributed by atoms with van der Waals surface area (Å²) in [6, 6.07) is 2.44. The normalized spacial score (nSPS) is 10.1. The van der Waals surface area contributed by atoms with Gasteiger partial charge in [0.1, 0.15) is 10.4 Å². The predicted octanol–water partition coefficient (Wildman–Crippen LogP) is 2.13. The van der Waals surface area contributed by atoms with Crippen LogP contribution in [0.1, 0.15) is 22.3 Å². The first-order valence-corrected chi connectivity index (χ1v) is 6.31. The Labute approximate surface area is 118 Å². The lowest BCUT2D eigenvalue weighted by atomic mass is 10.1. The van der Waals surface area contributed by atoms with Crippen molar-refractivity contribution in [2.24, 2.45) is 0 Å². The van der Waals surface area contributed by atoms with Gasteiger partial charge in [-0.1, -0.05) is 0 Å². The summed E-state index contributed by atoms with van der Waals surface area (Å²) in [5.41, 5.74) is 0.394. The molecule has 1 aromatic rings. The summed E-state index contributed by atoms with van der Waals surface area (Å²) in [7, 11) is 1.21. The topological polar surface area (TPSA) is 82.4 Å². The number of methoxy groups -OCH3 is 1. The van der Waals surface area contributed by atoms with Crippen LogP contribution < -0.4 is 5.32 Å². The van der Waals surface area contributed by atoms with Crippen molar-refractivity contribution in [2.45, 2.75) is 6.42 Å². The van der Waals surface area contributed by atoms with Gasteiger partial charge in [0, 0.05) is 18.8 Å². The van der Waals surface area contributed by atoms with Crippen molar-refractivity contribution in [1.82, 2.24) is 0 Å². The van der Waals surface area contributed by atoms with Crippen LogP contribution in [0.5, 0.6) is 0 Å². The fourth-order valence-corrected chi connectivity index (χ4v) is 1.91. The van der Waals surface area contributed by atoms with E-state index in [1.807, 2.05) is 0 Å². The summed E-state index contributed by atoms with van der Waals surface area (Å²) in [6.45, 7) is 0.390. The molecule has 1 rings (SSSR count). The van der Waals surface area contributed by atoms with Gasteiger partial charge in [-0.15, -0.1) is 0 Å². The fourth-order valence-electron chi connectivity index (χ4n) is 1.51. The van der Waals surface area contributed by atoms with Crippen molar-refractivity contribution in [3.05, 3.63) is 29.1 Å². The lowest BCUT2D eigenvalue weighted by Gasteiger charge is -2.13. The molecule has 0 heterocycles. The van der Waals surface area contributed by atoms with Gasteiger partial charge < -0.3 is 15.2 Å². The van der Waals surface area contributed by atoms with Gasteiger partial charge in [-0.3, -0.25) is 5.41 Å². The minimum Gasteiger partial charge on any atom is -0.465 e. The Bertz CT molecular complexity index is 494. The molecular formula is C12H14BrFN2O3. The minimum absolute atomic E-state index is 0.00668. The Morgan fingerprint density at radius 1 is 1.58 bits per heavy atom. The number of hydrogen-bond donors (Lipinski definition) is 3. The molecule has 3 N–H and O–H groups in total. The molecule has 0 saturated carbocycles. The van der Waals surface area contributed by atoms with Crippen LogP contribution in [-0.4, -0.2) is 36.0 Å². The first kappa shape index (κ1) is 15.6. The van der Waals surface area contributed by atoms with E-state index in [1.165, 1.54) is 13.2 Å². The van der Waals surface area contributed by atoms with Gasteiger partial charge in [0.25, 0.3) is 0 Å². The molecule has 0 aliphatic carbocycles. The molecule has 0 amide bonds. The summed E-state index contributed by atoms with van der Waals surface area (Å²) < 4.78 is 18.3. The molecule has 0 atom stereocenters. The van der Waals surface area contributed by atoms with E-state index < -0.39 is 11.8 Å². The van der Waals surface area contributed by atoms with Gasteiger partial charge in [0.15, 0.2) is 0 Å². The average molecular weight is 333 g/mol. The first-order chi connectivity index (χ1) is 9.01. The second-order valence-corrected chi connectivity index (χ2v) is 4.48. The number of rotatable bonds is 6. The second-order valence-electron chi connectivity index (χ2n) is 3.69. The fraction of sp³-hybridized carbons (Fsp3) is 0.333. The van der Waals surface area contributed by atoms with Crippen LogP contribution in [0, 0.1) is 11.2 Å². The molecule has 0 aliphatic heterocycles. The predicted molar refractivity (Wildman–Crippen MR) is 73.7 cm³/mol. The number of carbonyl (C=O) groups is 1. The van der Waals surface area contributed by atoms with Crippen LogP contribution in [0.15, 0.2) is 12.1 Å². The Hall–Kier alpha value is -1.47. The maximum absolute atomic E-state index is 13.9. The van der Waals surface area contributed by atoms with Crippen LogP contribution in [0.25, 0.3) is 0 Å². The highest BCUT2D eigenvalue weighted by molar-refractivity contribution is 9.18. The molecule has 0 aromatic heterocycles.